The summed E-state index contributed by atoms with van der Waals surface area (Å²) in [5, 5.41) is 0.126. The number of rotatable bonds is 3. The summed E-state index contributed by atoms with van der Waals surface area (Å²) in [6.07, 6.45) is 5.22. The molecule has 2 fully saturated rings. The summed E-state index contributed by atoms with van der Waals surface area (Å²) >= 11 is 0. The average Bonchev–Trinajstić information content (AvgIpc) is 3.00. The monoisotopic (exact) mass is 365 g/mol. The van der Waals surface area contributed by atoms with Gasteiger partial charge in [0.15, 0.2) is 14.9 Å². The topological polar surface area (TPSA) is 70.6 Å². The van der Waals surface area contributed by atoms with Crippen LogP contribution in [0.5, 0.6) is 0 Å². The zero-order valence-electron chi connectivity index (χ0n) is 15.2. The highest BCUT2D eigenvalue weighted by Crippen LogP contribution is 2.27. The third kappa shape index (κ3) is 3.52. The van der Waals surface area contributed by atoms with E-state index in [2.05, 4.69) is 9.88 Å². The Labute approximate surface area is 150 Å². The molecule has 0 spiro atoms. The molecule has 0 bridgehead atoms. The van der Waals surface area contributed by atoms with E-state index in [1.165, 1.54) is 0 Å². The first-order chi connectivity index (χ1) is 11.7. The minimum absolute atomic E-state index is 0.126. The van der Waals surface area contributed by atoms with Gasteiger partial charge in [0, 0.05) is 32.1 Å². The first-order valence-electron chi connectivity index (χ1n) is 8.95. The molecule has 1 aromatic rings. The standard InChI is InChI=1S/C18H27N3O3S/c1-18(2,3)25(23,24)16-7-6-15(13-19-16)20-11-8-14(9-12-20)21-10-4-5-17(21)22/h6-7,13-14H,4-5,8-12H2,1-3H3. The van der Waals surface area contributed by atoms with Crippen molar-refractivity contribution in [2.75, 3.05) is 24.5 Å². The molecule has 0 radical (unpaired) electrons. The van der Waals surface area contributed by atoms with Crippen LogP contribution >= 0.6 is 0 Å². The molecule has 0 aliphatic carbocycles. The molecule has 1 amide bonds. The van der Waals surface area contributed by atoms with E-state index in [-0.39, 0.29) is 10.9 Å². The van der Waals surface area contributed by atoms with Crippen LogP contribution in [0.15, 0.2) is 23.4 Å². The van der Waals surface area contributed by atoms with E-state index in [9.17, 15) is 13.2 Å². The van der Waals surface area contributed by atoms with Gasteiger partial charge in [0.25, 0.3) is 0 Å². The summed E-state index contributed by atoms with van der Waals surface area (Å²) in [4.78, 5) is 20.3. The molecule has 6 nitrogen and oxygen atoms in total. The number of sulfone groups is 1. The van der Waals surface area contributed by atoms with Gasteiger partial charge in [0.2, 0.25) is 5.91 Å². The maximum absolute atomic E-state index is 12.4. The molecule has 25 heavy (non-hydrogen) atoms. The molecule has 1 aromatic heterocycles. The predicted octanol–water partition coefficient (Wildman–Crippen LogP) is 2.25. The second-order valence-corrected chi connectivity index (χ2v) is 10.5. The van der Waals surface area contributed by atoms with Gasteiger partial charge < -0.3 is 9.80 Å². The van der Waals surface area contributed by atoms with E-state index in [1.807, 2.05) is 11.0 Å². The Morgan fingerprint density at radius 3 is 2.28 bits per heavy atom. The second-order valence-electron chi connectivity index (χ2n) is 7.88. The largest absolute Gasteiger partial charge is 0.370 e. The van der Waals surface area contributed by atoms with Crippen LogP contribution in [0.2, 0.25) is 0 Å². The minimum Gasteiger partial charge on any atom is -0.370 e. The zero-order valence-corrected chi connectivity index (χ0v) is 16.1. The van der Waals surface area contributed by atoms with Crippen LogP contribution in [-0.2, 0) is 14.6 Å². The molecule has 3 heterocycles. The highest BCUT2D eigenvalue weighted by molar-refractivity contribution is 7.92. The van der Waals surface area contributed by atoms with Crippen molar-refractivity contribution in [3.05, 3.63) is 18.3 Å². The Morgan fingerprint density at radius 1 is 1.12 bits per heavy atom. The van der Waals surface area contributed by atoms with Crippen molar-refractivity contribution in [1.29, 1.82) is 0 Å². The fraction of sp³-hybridized carbons (Fsp3) is 0.667. The van der Waals surface area contributed by atoms with Gasteiger partial charge in [-0.05, 0) is 52.2 Å². The smallest absolute Gasteiger partial charge is 0.222 e. The van der Waals surface area contributed by atoms with Crippen molar-refractivity contribution in [2.24, 2.45) is 0 Å². The van der Waals surface area contributed by atoms with Crippen LogP contribution in [0.4, 0.5) is 5.69 Å². The van der Waals surface area contributed by atoms with Crippen LogP contribution in [0, 0.1) is 0 Å². The number of carbonyl (C=O) groups is 1. The quantitative estimate of drug-likeness (QED) is 0.822. The van der Waals surface area contributed by atoms with Crippen molar-refractivity contribution in [2.45, 2.75) is 62.3 Å². The predicted molar refractivity (Wildman–Crippen MR) is 97.4 cm³/mol. The molecule has 138 valence electrons. The summed E-state index contributed by atoms with van der Waals surface area (Å²) in [5.41, 5.74) is 0.944. The first kappa shape index (κ1) is 18.2. The maximum Gasteiger partial charge on any atom is 0.222 e. The van der Waals surface area contributed by atoms with Gasteiger partial charge in [-0.15, -0.1) is 0 Å². The van der Waals surface area contributed by atoms with E-state index in [0.29, 0.717) is 12.5 Å². The third-order valence-electron chi connectivity index (χ3n) is 5.18. The summed E-state index contributed by atoms with van der Waals surface area (Å²) < 4.78 is 24.0. The number of aromatic nitrogens is 1. The number of hydrogen-bond donors (Lipinski definition) is 0. The van der Waals surface area contributed by atoms with E-state index in [4.69, 9.17) is 0 Å². The molecule has 0 atom stereocenters. The SMILES string of the molecule is CC(C)(C)S(=O)(=O)c1ccc(N2CCC(N3CCCC3=O)CC2)cn1. The molecule has 7 heteroatoms. The number of likely N-dealkylation sites (tertiary alicyclic amines) is 1. The number of piperidine rings is 1. The zero-order chi connectivity index (χ0) is 18.2. The Hall–Kier alpha value is -1.63. The molecule has 0 aromatic carbocycles. The van der Waals surface area contributed by atoms with Crippen LogP contribution < -0.4 is 4.90 Å². The van der Waals surface area contributed by atoms with Gasteiger partial charge in [-0.3, -0.25) is 4.79 Å². The van der Waals surface area contributed by atoms with Crippen LogP contribution in [0.3, 0.4) is 0 Å². The number of carbonyl (C=O) groups excluding carboxylic acids is 1. The number of pyridine rings is 1. The Bertz CT molecular complexity index is 730. The van der Waals surface area contributed by atoms with E-state index >= 15 is 0 Å². The molecular formula is C18H27N3O3S. The number of nitrogens with zero attached hydrogens (tertiary/aromatic N) is 3. The van der Waals surface area contributed by atoms with E-state index in [1.54, 1.807) is 33.0 Å². The molecule has 0 saturated carbocycles. The van der Waals surface area contributed by atoms with E-state index < -0.39 is 14.6 Å². The van der Waals surface area contributed by atoms with Crippen LogP contribution in [0.1, 0.15) is 46.5 Å². The lowest BCUT2D eigenvalue weighted by atomic mass is 10.0. The Kier molecular flexibility index (Phi) is 4.79. The van der Waals surface area contributed by atoms with Crippen molar-refractivity contribution in [3.8, 4) is 0 Å². The number of anilines is 1. The van der Waals surface area contributed by atoms with Gasteiger partial charge >= 0.3 is 0 Å². The highest BCUT2D eigenvalue weighted by atomic mass is 32.2. The second kappa shape index (κ2) is 6.59. The normalized spacial score (nSPS) is 20.4. The van der Waals surface area contributed by atoms with Crippen LogP contribution in [0.25, 0.3) is 0 Å². The molecule has 0 unspecified atom stereocenters. The highest BCUT2D eigenvalue weighted by Gasteiger charge is 2.33. The van der Waals surface area contributed by atoms with Crippen LogP contribution in [-0.4, -0.2) is 54.6 Å². The summed E-state index contributed by atoms with van der Waals surface area (Å²) in [6.45, 7) is 7.67. The van der Waals surface area contributed by atoms with Crippen molar-refractivity contribution in [3.63, 3.8) is 0 Å². The number of hydrogen-bond acceptors (Lipinski definition) is 5. The fourth-order valence-electron chi connectivity index (χ4n) is 3.52. The van der Waals surface area contributed by atoms with Gasteiger partial charge in [-0.25, -0.2) is 13.4 Å². The summed E-state index contributed by atoms with van der Waals surface area (Å²) in [7, 11) is -3.42. The molecular weight excluding hydrogens is 338 g/mol. The third-order valence-corrected chi connectivity index (χ3v) is 7.59. The first-order valence-corrected chi connectivity index (χ1v) is 10.4. The van der Waals surface area contributed by atoms with Gasteiger partial charge in [-0.1, -0.05) is 0 Å². The maximum atomic E-state index is 12.4. The molecule has 0 N–H and O–H groups in total. The molecule has 2 aliphatic rings. The van der Waals surface area contributed by atoms with Crippen molar-refractivity contribution >= 4 is 21.4 Å². The van der Waals surface area contributed by atoms with E-state index in [0.717, 1.165) is 44.6 Å². The summed E-state index contributed by atoms with van der Waals surface area (Å²) in [6, 6.07) is 3.79. The summed E-state index contributed by atoms with van der Waals surface area (Å²) in [5.74, 6) is 0.289. The fourth-order valence-corrected chi connectivity index (χ4v) is 4.59. The molecule has 3 rings (SSSR count). The lowest BCUT2D eigenvalue weighted by molar-refractivity contribution is -0.130. The number of amides is 1. The van der Waals surface area contributed by atoms with Gasteiger partial charge in [-0.2, -0.15) is 0 Å². The van der Waals surface area contributed by atoms with Crippen molar-refractivity contribution in [1.82, 2.24) is 9.88 Å². The molecule has 2 saturated heterocycles. The van der Waals surface area contributed by atoms with Gasteiger partial charge in [0.1, 0.15) is 0 Å². The molecule has 2 aliphatic heterocycles. The average molecular weight is 365 g/mol. The minimum atomic E-state index is -3.42. The van der Waals surface area contributed by atoms with Crippen molar-refractivity contribution < 1.29 is 13.2 Å². The lowest BCUT2D eigenvalue weighted by Crippen LogP contribution is -2.45. The lowest BCUT2D eigenvalue weighted by Gasteiger charge is -2.37. The Balaban J connectivity index is 1.65. The van der Waals surface area contributed by atoms with Gasteiger partial charge in [0.05, 0.1) is 16.6 Å². The Morgan fingerprint density at radius 2 is 1.80 bits per heavy atom.